The minimum absolute atomic E-state index is 0.0344. The molecule has 0 atom stereocenters. The lowest BCUT2D eigenvalue weighted by Gasteiger charge is -2.26. The molecule has 2 aromatic rings. The normalized spacial score (nSPS) is 11.6. The summed E-state index contributed by atoms with van der Waals surface area (Å²) in [4.78, 5) is 40.3. The lowest BCUT2D eigenvalue weighted by atomic mass is 9.82. The molecule has 0 saturated carbocycles. The van der Waals surface area contributed by atoms with Crippen LogP contribution in [0.3, 0.4) is 0 Å². The van der Waals surface area contributed by atoms with Gasteiger partial charge in [-0.3, -0.25) is 19.5 Å². The van der Waals surface area contributed by atoms with Crippen LogP contribution in [0.15, 0.2) is 17.1 Å². The highest BCUT2D eigenvalue weighted by Crippen LogP contribution is 2.25. The molecule has 0 spiro atoms. The lowest BCUT2D eigenvalue weighted by Crippen LogP contribution is -2.43. The Morgan fingerprint density at radius 3 is 2.62 bits per heavy atom. The molecule has 1 amide bonds. The number of carbonyl (C=O) groups excluding carboxylic acids is 1. The first-order valence-corrected chi connectivity index (χ1v) is 7.90. The molecule has 3 N–H and O–H groups in total. The number of fused-ring (bicyclic) bond motifs is 1. The second-order valence-electron chi connectivity index (χ2n) is 5.88. The summed E-state index contributed by atoms with van der Waals surface area (Å²) in [7, 11) is 0. The fourth-order valence-electron chi connectivity index (χ4n) is 2.68. The van der Waals surface area contributed by atoms with Gasteiger partial charge in [-0.05, 0) is 19.8 Å². The summed E-state index contributed by atoms with van der Waals surface area (Å²) in [5.74, 6) is -1.32. The van der Waals surface area contributed by atoms with Crippen molar-refractivity contribution in [3.05, 3.63) is 33.9 Å². The highest BCUT2D eigenvalue weighted by atomic mass is 16.4. The monoisotopic (exact) mass is 334 g/mol. The molecule has 0 aliphatic rings. The van der Waals surface area contributed by atoms with Crippen LogP contribution < -0.4 is 10.9 Å². The highest BCUT2D eigenvalue weighted by molar-refractivity contribution is 5.80. The van der Waals surface area contributed by atoms with Crippen molar-refractivity contribution < 1.29 is 14.7 Å². The van der Waals surface area contributed by atoms with Gasteiger partial charge in [0, 0.05) is 30.1 Å². The second kappa shape index (κ2) is 6.86. The Hall–Kier alpha value is -2.64. The number of hydrogen-bond donors (Lipinski definition) is 3. The predicted octanol–water partition coefficient (Wildman–Crippen LogP) is 0.881. The summed E-state index contributed by atoms with van der Waals surface area (Å²) in [6.45, 7) is 5.27. The van der Waals surface area contributed by atoms with Crippen molar-refractivity contribution in [2.45, 2.75) is 40.0 Å². The zero-order valence-electron chi connectivity index (χ0n) is 14.0. The molecule has 2 rings (SSSR count). The maximum Gasteiger partial charge on any atom is 0.311 e. The number of carbonyl (C=O) groups is 2. The number of aromatic amines is 1. The van der Waals surface area contributed by atoms with Crippen molar-refractivity contribution in [1.82, 2.24) is 19.9 Å². The van der Waals surface area contributed by atoms with Crippen LogP contribution in [-0.2, 0) is 16.0 Å². The van der Waals surface area contributed by atoms with Gasteiger partial charge in [0.25, 0.3) is 5.56 Å². The lowest BCUT2D eigenvalue weighted by molar-refractivity contribution is -0.149. The van der Waals surface area contributed by atoms with Gasteiger partial charge in [-0.25, -0.2) is 9.50 Å². The number of aryl methyl sites for hydroxylation is 1. The van der Waals surface area contributed by atoms with Gasteiger partial charge in [0.05, 0.1) is 11.8 Å². The van der Waals surface area contributed by atoms with E-state index >= 15 is 0 Å². The van der Waals surface area contributed by atoms with E-state index < -0.39 is 17.3 Å². The summed E-state index contributed by atoms with van der Waals surface area (Å²) in [5, 5.41) is 14.8. The summed E-state index contributed by atoms with van der Waals surface area (Å²) >= 11 is 0. The van der Waals surface area contributed by atoms with Crippen LogP contribution in [0.1, 0.15) is 37.9 Å². The predicted molar refractivity (Wildman–Crippen MR) is 87.9 cm³/mol. The first kappa shape index (κ1) is 17.7. The van der Waals surface area contributed by atoms with E-state index in [0.717, 1.165) is 0 Å². The molecule has 0 unspecified atom stereocenters. The number of aromatic nitrogens is 3. The quantitative estimate of drug-likeness (QED) is 0.695. The fourth-order valence-corrected chi connectivity index (χ4v) is 2.68. The highest BCUT2D eigenvalue weighted by Gasteiger charge is 2.35. The molecule has 0 saturated heterocycles. The molecule has 0 aliphatic heterocycles. The van der Waals surface area contributed by atoms with Gasteiger partial charge in [-0.15, -0.1) is 0 Å². The summed E-state index contributed by atoms with van der Waals surface area (Å²) in [6.07, 6.45) is 2.28. The van der Waals surface area contributed by atoms with E-state index in [0.29, 0.717) is 29.7 Å². The molecule has 130 valence electrons. The molecule has 0 aromatic carbocycles. The zero-order chi connectivity index (χ0) is 17.9. The molecule has 2 aromatic heterocycles. The number of aliphatic carboxylic acids is 1. The van der Waals surface area contributed by atoms with Crippen LogP contribution in [0.2, 0.25) is 0 Å². The Morgan fingerprint density at radius 1 is 1.38 bits per heavy atom. The Balaban J connectivity index is 2.16. The van der Waals surface area contributed by atoms with Crippen molar-refractivity contribution in [2.24, 2.45) is 5.41 Å². The number of H-pyrrole nitrogens is 1. The largest absolute Gasteiger partial charge is 0.481 e. The average Bonchev–Trinajstić information content (AvgIpc) is 3.01. The van der Waals surface area contributed by atoms with Crippen LogP contribution in [0.5, 0.6) is 0 Å². The van der Waals surface area contributed by atoms with E-state index in [9.17, 15) is 19.5 Å². The number of rotatable bonds is 7. The fraction of sp³-hybridized carbons (Fsp3) is 0.500. The van der Waals surface area contributed by atoms with E-state index in [1.807, 2.05) is 0 Å². The second-order valence-corrected chi connectivity index (χ2v) is 5.88. The van der Waals surface area contributed by atoms with Gasteiger partial charge in [-0.1, -0.05) is 13.8 Å². The third-order valence-corrected chi connectivity index (χ3v) is 4.61. The van der Waals surface area contributed by atoms with Crippen LogP contribution in [-0.4, -0.2) is 38.1 Å². The molecule has 0 fully saturated rings. The zero-order valence-corrected chi connectivity index (χ0v) is 14.0. The first-order valence-electron chi connectivity index (χ1n) is 7.90. The molecule has 2 heterocycles. The standard InChI is InChI=1S/C16H22N4O4/c1-4-16(5-2,15(23)24)9-17-13(21)8-11-10(3)19-12-6-7-18-20(12)14(11)22/h6-7,18H,4-5,8-9H2,1-3H3,(H,17,21)(H,23,24). The summed E-state index contributed by atoms with van der Waals surface area (Å²) < 4.78 is 1.27. The molecular weight excluding hydrogens is 312 g/mol. The minimum Gasteiger partial charge on any atom is -0.481 e. The van der Waals surface area contributed by atoms with Crippen molar-refractivity contribution >= 4 is 17.5 Å². The molecular formula is C16H22N4O4. The number of carboxylic acids is 1. The Labute approximate surface area is 138 Å². The number of hydrogen-bond acceptors (Lipinski definition) is 4. The minimum atomic E-state index is -0.985. The van der Waals surface area contributed by atoms with Gasteiger partial charge >= 0.3 is 5.97 Å². The summed E-state index contributed by atoms with van der Waals surface area (Å²) in [6, 6.07) is 1.67. The van der Waals surface area contributed by atoms with Crippen LogP contribution >= 0.6 is 0 Å². The third-order valence-electron chi connectivity index (χ3n) is 4.61. The topological polar surface area (TPSA) is 117 Å². The van der Waals surface area contributed by atoms with Gasteiger partial charge in [0.2, 0.25) is 5.91 Å². The molecule has 8 heteroatoms. The molecule has 0 aliphatic carbocycles. The van der Waals surface area contributed by atoms with Gasteiger partial charge in [0.15, 0.2) is 5.65 Å². The van der Waals surface area contributed by atoms with Crippen molar-refractivity contribution in [3.63, 3.8) is 0 Å². The smallest absolute Gasteiger partial charge is 0.311 e. The van der Waals surface area contributed by atoms with Crippen LogP contribution in [0.4, 0.5) is 0 Å². The number of amides is 1. The Kier molecular flexibility index (Phi) is 5.06. The average molecular weight is 334 g/mol. The van der Waals surface area contributed by atoms with Gasteiger partial charge < -0.3 is 10.4 Å². The van der Waals surface area contributed by atoms with Crippen molar-refractivity contribution in [3.8, 4) is 0 Å². The molecule has 0 bridgehead atoms. The maximum absolute atomic E-state index is 12.4. The van der Waals surface area contributed by atoms with Gasteiger partial charge in [-0.2, -0.15) is 0 Å². The number of nitrogens with one attached hydrogen (secondary N) is 2. The van der Waals surface area contributed by atoms with Crippen LogP contribution in [0, 0.1) is 12.3 Å². The van der Waals surface area contributed by atoms with E-state index in [1.54, 1.807) is 33.0 Å². The SMILES string of the molecule is CCC(CC)(CNC(=O)Cc1c(C)nc2cc[nH]n2c1=O)C(=O)O. The maximum atomic E-state index is 12.4. The van der Waals surface area contributed by atoms with Crippen molar-refractivity contribution in [1.29, 1.82) is 0 Å². The Morgan fingerprint density at radius 2 is 2.04 bits per heavy atom. The van der Waals surface area contributed by atoms with E-state index in [4.69, 9.17) is 0 Å². The van der Waals surface area contributed by atoms with Crippen molar-refractivity contribution in [2.75, 3.05) is 6.54 Å². The number of nitrogens with zero attached hydrogens (tertiary/aromatic N) is 2. The van der Waals surface area contributed by atoms with E-state index in [1.165, 1.54) is 4.52 Å². The third kappa shape index (κ3) is 3.17. The van der Waals surface area contributed by atoms with E-state index in [2.05, 4.69) is 15.4 Å². The first-order chi connectivity index (χ1) is 11.3. The number of carboxylic acid groups (broad SMARTS) is 1. The summed E-state index contributed by atoms with van der Waals surface area (Å²) in [5.41, 5.74) is -0.0373. The molecule has 24 heavy (non-hydrogen) atoms. The Bertz CT molecular complexity index is 817. The molecule has 8 nitrogen and oxygen atoms in total. The van der Waals surface area contributed by atoms with E-state index in [-0.39, 0.29) is 18.5 Å². The van der Waals surface area contributed by atoms with Gasteiger partial charge in [0.1, 0.15) is 0 Å². The molecule has 0 radical (unpaired) electrons. The van der Waals surface area contributed by atoms with Crippen LogP contribution in [0.25, 0.3) is 5.65 Å².